The number of ether oxygens (including phenoxy) is 2. The van der Waals surface area contributed by atoms with E-state index >= 15 is 0 Å². The van der Waals surface area contributed by atoms with Crippen molar-refractivity contribution in [3.8, 4) is 22.4 Å². The smallest absolute Gasteiger partial charge is 0.179 e. The van der Waals surface area contributed by atoms with E-state index in [9.17, 15) is 5.11 Å². The maximum absolute atomic E-state index is 9.94. The number of aliphatic hydroxyl groups is 1. The van der Waals surface area contributed by atoms with Gasteiger partial charge in [0.15, 0.2) is 10.8 Å². The molecule has 0 amide bonds. The Balaban J connectivity index is 1.26. The van der Waals surface area contributed by atoms with Crippen LogP contribution in [-0.4, -0.2) is 56.8 Å². The summed E-state index contributed by atoms with van der Waals surface area (Å²) in [5, 5.41) is 11.3. The van der Waals surface area contributed by atoms with Crippen molar-refractivity contribution in [1.29, 1.82) is 0 Å². The van der Waals surface area contributed by atoms with Crippen molar-refractivity contribution in [3.05, 3.63) is 65.7 Å². The average Bonchev–Trinajstić information content (AvgIpc) is 3.51. The van der Waals surface area contributed by atoms with Crippen LogP contribution in [-0.2, 0) is 9.47 Å². The van der Waals surface area contributed by atoms with E-state index in [1.54, 1.807) is 11.8 Å². The van der Waals surface area contributed by atoms with Crippen molar-refractivity contribution in [2.45, 2.75) is 28.7 Å². The lowest BCUT2D eigenvalue weighted by molar-refractivity contribution is 0.0188. The molecule has 2 aromatic heterocycles. The molecule has 6 rings (SSSR count). The Morgan fingerprint density at radius 3 is 2.44 bits per heavy atom. The first-order chi connectivity index (χ1) is 15.7. The van der Waals surface area contributed by atoms with Crippen molar-refractivity contribution in [1.82, 2.24) is 15.0 Å². The molecule has 0 bridgehead atoms. The summed E-state index contributed by atoms with van der Waals surface area (Å²) >= 11 is 8.13. The van der Waals surface area contributed by atoms with Gasteiger partial charge >= 0.3 is 0 Å². The molecule has 4 heterocycles. The van der Waals surface area contributed by atoms with Crippen molar-refractivity contribution in [3.63, 3.8) is 0 Å². The van der Waals surface area contributed by atoms with E-state index in [1.165, 1.54) is 5.56 Å². The van der Waals surface area contributed by atoms with Gasteiger partial charge in [-0.3, -0.25) is 0 Å². The summed E-state index contributed by atoms with van der Waals surface area (Å²) in [5.41, 5.74) is 5.34. The zero-order valence-corrected chi connectivity index (χ0v) is 18.5. The standard InChI is InChI=1S/C24H20ClN3O3S/c25-16-10-17-23(28-24(26-17)32-19-12-31-21-18(29)11-30-22(19)21)27-20(16)15-8-6-14(7-9-15)13-4-2-1-3-5-13/h1-10,18-19,21-22,29H,11-12H2,(H,26,27,28)/t18-,19-,21-,22-/m1/s1. The zero-order valence-electron chi connectivity index (χ0n) is 16.9. The van der Waals surface area contributed by atoms with Crippen LogP contribution >= 0.6 is 23.4 Å². The highest BCUT2D eigenvalue weighted by molar-refractivity contribution is 7.99. The molecule has 0 unspecified atom stereocenters. The van der Waals surface area contributed by atoms with Crippen LogP contribution in [0.25, 0.3) is 33.5 Å². The highest BCUT2D eigenvalue weighted by atomic mass is 35.5. The van der Waals surface area contributed by atoms with Gasteiger partial charge in [-0.15, -0.1) is 0 Å². The molecule has 32 heavy (non-hydrogen) atoms. The summed E-state index contributed by atoms with van der Waals surface area (Å²) in [6.07, 6.45) is -0.939. The molecule has 4 aromatic rings. The van der Waals surface area contributed by atoms with E-state index in [4.69, 9.17) is 26.1 Å². The van der Waals surface area contributed by atoms with E-state index in [0.29, 0.717) is 29.6 Å². The quantitative estimate of drug-likeness (QED) is 0.459. The second-order valence-electron chi connectivity index (χ2n) is 7.99. The van der Waals surface area contributed by atoms with Crippen LogP contribution in [0.5, 0.6) is 0 Å². The molecular weight excluding hydrogens is 446 g/mol. The molecule has 8 heteroatoms. The lowest BCUT2D eigenvalue weighted by Gasteiger charge is -2.13. The van der Waals surface area contributed by atoms with Gasteiger partial charge in [-0.05, 0) is 17.2 Å². The van der Waals surface area contributed by atoms with E-state index in [2.05, 4.69) is 34.2 Å². The zero-order chi connectivity index (χ0) is 21.7. The van der Waals surface area contributed by atoms with Gasteiger partial charge in [0, 0.05) is 5.56 Å². The Labute approximate surface area is 194 Å². The minimum atomic E-state index is -0.558. The van der Waals surface area contributed by atoms with Gasteiger partial charge in [-0.1, -0.05) is 78.0 Å². The fourth-order valence-electron chi connectivity index (χ4n) is 4.29. The van der Waals surface area contributed by atoms with Gasteiger partial charge in [0.25, 0.3) is 0 Å². The molecule has 2 N–H and O–H groups in total. The van der Waals surface area contributed by atoms with Crippen molar-refractivity contribution >= 4 is 34.5 Å². The molecule has 0 radical (unpaired) electrons. The summed E-state index contributed by atoms with van der Waals surface area (Å²) in [6, 6.07) is 20.3. The minimum absolute atomic E-state index is 0.0678. The molecule has 2 aliphatic rings. The number of pyridine rings is 1. The number of aliphatic hydroxyl groups excluding tert-OH is 1. The number of hydrogen-bond donors (Lipinski definition) is 2. The molecule has 4 atom stereocenters. The van der Waals surface area contributed by atoms with Gasteiger partial charge < -0.3 is 19.6 Å². The summed E-state index contributed by atoms with van der Waals surface area (Å²) < 4.78 is 11.4. The third-order valence-electron chi connectivity index (χ3n) is 5.92. The lowest BCUT2D eigenvalue weighted by Crippen LogP contribution is -2.29. The number of H-pyrrole nitrogens is 1. The fourth-order valence-corrected chi connectivity index (χ4v) is 5.66. The van der Waals surface area contributed by atoms with Crippen LogP contribution in [0.1, 0.15) is 0 Å². The summed E-state index contributed by atoms with van der Waals surface area (Å²) in [7, 11) is 0. The Hall–Kier alpha value is -2.42. The lowest BCUT2D eigenvalue weighted by atomic mass is 10.0. The number of imidazole rings is 1. The van der Waals surface area contributed by atoms with Gasteiger partial charge in [0.2, 0.25) is 0 Å². The molecule has 0 spiro atoms. The Morgan fingerprint density at radius 1 is 0.906 bits per heavy atom. The number of benzene rings is 2. The number of halogens is 1. The third kappa shape index (κ3) is 3.60. The van der Waals surface area contributed by atoms with Crippen molar-refractivity contribution < 1.29 is 14.6 Å². The number of rotatable bonds is 4. The van der Waals surface area contributed by atoms with Crippen LogP contribution in [0.3, 0.4) is 0 Å². The second kappa shape index (κ2) is 8.17. The maximum atomic E-state index is 9.94. The Morgan fingerprint density at radius 2 is 1.62 bits per heavy atom. The molecule has 0 saturated carbocycles. The van der Waals surface area contributed by atoms with E-state index in [0.717, 1.165) is 21.8 Å². The monoisotopic (exact) mass is 465 g/mol. The van der Waals surface area contributed by atoms with Crippen LogP contribution in [0.15, 0.2) is 65.8 Å². The van der Waals surface area contributed by atoms with Crippen LogP contribution in [0.4, 0.5) is 0 Å². The number of thioether (sulfide) groups is 1. The number of fused-ring (bicyclic) bond motifs is 2. The molecule has 2 aliphatic heterocycles. The third-order valence-corrected chi connectivity index (χ3v) is 7.33. The van der Waals surface area contributed by atoms with Gasteiger partial charge in [-0.25, -0.2) is 9.97 Å². The highest BCUT2D eigenvalue weighted by Crippen LogP contribution is 2.37. The first-order valence-electron chi connectivity index (χ1n) is 10.5. The number of aromatic amines is 1. The summed E-state index contributed by atoms with van der Waals surface area (Å²) in [5.74, 6) is 0. The molecule has 2 aromatic carbocycles. The van der Waals surface area contributed by atoms with E-state index in [-0.39, 0.29) is 17.5 Å². The topological polar surface area (TPSA) is 80.3 Å². The first-order valence-corrected chi connectivity index (χ1v) is 11.7. The highest BCUT2D eigenvalue weighted by Gasteiger charge is 2.47. The van der Waals surface area contributed by atoms with E-state index < -0.39 is 6.10 Å². The number of aromatic nitrogens is 3. The predicted molar refractivity (Wildman–Crippen MR) is 125 cm³/mol. The van der Waals surface area contributed by atoms with Crippen LogP contribution in [0, 0.1) is 0 Å². The molecule has 162 valence electrons. The largest absolute Gasteiger partial charge is 0.388 e. The molecule has 0 aliphatic carbocycles. The Kier molecular flexibility index (Phi) is 5.16. The van der Waals surface area contributed by atoms with Crippen LogP contribution in [0.2, 0.25) is 5.02 Å². The number of hydrogen-bond acceptors (Lipinski definition) is 6. The number of nitrogens with zero attached hydrogens (tertiary/aromatic N) is 2. The summed E-state index contributed by atoms with van der Waals surface area (Å²) in [6.45, 7) is 0.831. The van der Waals surface area contributed by atoms with Gasteiger partial charge in [-0.2, -0.15) is 0 Å². The average molecular weight is 466 g/mol. The van der Waals surface area contributed by atoms with Crippen molar-refractivity contribution in [2.75, 3.05) is 13.2 Å². The second-order valence-corrected chi connectivity index (χ2v) is 9.63. The van der Waals surface area contributed by atoms with E-state index in [1.807, 2.05) is 36.4 Å². The van der Waals surface area contributed by atoms with Crippen LogP contribution < -0.4 is 0 Å². The fraction of sp³-hybridized carbons (Fsp3) is 0.250. The SMILES string of the molecule is O[C@@H]1CO[C@H]2[C@@H]1OC[C@H]2Sc1nc2nc(-c3ccc(-c4ccccc4)cc3)c(Cl)cc2[nH]1. The normalized spacial score (nSPS) is 24.8. The first kappa shape index (κ1) is 20.2. The molecule has 2 saturated heterocycles. The van der Waals surface area contributed by atoms with Gasteiger partial charge in [0.05, 0.1) is 34.7 Å². The predicted octanol–water partition coefficient (Wildman–Crippen LogP) is 4.56. The maximum Gasteiger partial charge on any atom is 0.179 e. The molecular formula is C24H20ClN3O3S. The number of nitrogens with one attached hydrogen (secondary N) is 1. The Bertz CT molecular complexity index is 1260. The van der Waals surface area contributed by atoms with Crippen molar-refractivity contribution in [2.24, 2.45) is 0 Å². The summed E-state index contributed by atoms with van der Waals surface area (Å²) in [4.78, 5) is 12.7. The van der Waals surface area contributed by atoms with Gasteiger partial charge in [0.1, 0.15) is 18.3 Å². The molecule has 6 nitrogen and oxygen atoms in total. The minimum Gasteiger partial charge on any atom is -0.388 e. The molecule has 2 fully saturated rings.